The van der Waals surface area contributed by atoms with Gasteiger partial charge in [0.2, 0.25) is 0 Å². The first-order valence-corrected chi connectivity index (χ1v) is 7.77. The van der Waals surface area contributed by atoms with Crippen LogP contribution in [0.25, 0.3) is 12.2 Å². The minimum absolute atomic E-state index is 0.0373. The topological polar surface area (TPSA) is 68.0 Å². The molecule has 0 saturated carbocycles. The molecule has 3 aromatic rings. The number of hydrogen-bond acceptors (Lipinski definition) is 3. The van der Waals surface area contributed by atoms with E-state index in [2.05, 4.69) is 10.1 Å². The Labute approximate surface area is 147 Å². The second kappa shape index (κ2) is 7.17. The summed E-state index contributed by atoms with van der Waals surface area (Å²) in [5.41, 5.74) is 4.48. The third-order valence-electron chi connectivity index (χ3n) is 3.85. The number of carboxylic acids is 1. The van der Waals surface area contributed by atoms with Gasteiger partial charge in [-0.1, -0.05) is 35.8 Å². The molecule has 0 unspecified atom stereocenters. The van der Waals surface area contributed by atoms with Gasteiger partial charge in [-0.15, -0.1) is 0 Å². The quantitative estimate of drug-likeness (QED) is 0.730. The molecule has 2 heterocycles. The van der Waals surface area contributed by atoms with Crippen molar-refractivity contribution >= 4 is 31.4 Å². The molecule has 2 aromatic heterocycles. The molecule has 122 valence electrons. The van der Waals surface area contributed by atoms with Crippen molar-refractivity contribution in [2.75, 3.05) is 0 Å². The van der Waals surface area contributed by atoms with Crippen LogP contribution in [-0.4, -0.2) is 33.7 Å². The number of carboxylic acid groups (broad SMARTS) is 1. The smallest absolute Gasteiger partial charge is 0.356 e. The highest BCUT2D eigenvalue weighted by molar-refractivity contribution is 6.32. The molecule has 2 radical (unpaired) electrons. The van der Waals surface area contributed by atoms with Gasteiger partial charge in [0.25, 0.3) is 0 Å². The van der Waals surface area contributed by atoms with E-state index in [9.17, 15) is 4.79 Å². The molecule has 0 aliphatic heterocycles. The van der Waals surface area contributed by atoms with Crippen molar-refractivity contribution in [2.45, 2.75) is 13.5 Å². The lowest BCUT2D eigenvalue weighted by atomic mass is 9.91. The van der Waals surface area contributed by atoms with Crippen LogP contribution in [0, 0.1) is 6.92 Å². The summed E-state index contributed by atoms with van der Waals surface area (Å²) in [5.74, 6) is -1.03. The predicted molar refractivity (Wildman–Crippen MR) is 98.0 cm³/mol. The highest BCUT2D eigenvalue weighted by Crippen LogP contribution is 2.15. The second-order valence-electron chi connectivity index (χ2n) is 5.71. The molecule has 1 N–H and O–H groups in total. The zero-order valence-corrected chi connectivity index (χ0v) is 13.8. The van der Waals surface area contributed by atoms with Crippen molar-refractivity contribution in [1.82, 2.24) is 14.8 Å². The summed E-state index contributed by atoms with van der Waals surface area (Å²) in [4.78, 5) is 15.1. The number of carbonyl (C=O) groups is 1. The summed E-state index contributed by atoms with van der Waals surface area (Å²) < 4.78 is 1.67. The number of hydrogen-bond donors (Lipinski definition) is 1. The zero-order chi connectivity index (χ0) is 17.8. The van der Waals surface area contributed by atoms with E-state index in [1.807, 2.05) is 49.4 Å². The summed E-state index contributed by atoms with van der Waals surface area (Å²) in [6.07, 6.45) is 7.48. The number of aryl methyl sites for hydroxylation is 1. The molecule has 0 atom stereocenters. The van der Waals surface area contributed by atoms with Gasteiger partial charge >= 0.3 is 5.97 Å². The molecule has 0 fully saturated rings. The van der Waals surface area contributed by atoms with Crippen LogP contribution in [0.5, 0.6) is 0 Å². The van der Waals surface area contributed by atoms with Crippen LogP contribution >= 0.6 is 0 Å². The first kappa shape index (κ1) is 16.7. The minimum Gasteiger partial charge on any atom is -0.476 e. The van der Waals surface area contributed by atoms with E-state index in [1.165, 1.54) is 0 Å². The fourth-order valence-corrected chi connectivity index (χ4v) is 2.52. The van der Waals surface area contributed by atoms with Gasteiger partial charge in [0.05, 0.1) is 6.54 Å². The number of rotatable bonds is 5. The third-order valence-corrected chi connectivity index (χ3v) is 3.85. The van der Waals surface area contributed by atoms with Crippen LogP contribution < -0.4 is 5.46 Å². The number of nitrogens with zero attached hydrogens (tertiary/aromatic N) is 3. The molecule has 6 heteroatoms. The fraction of sp³-hybridized carbons (Fsp3) is 0.105. The largest absolute Gasteiger partial charge is 0.476 e. The maximum absolute atomic E-state index is 11.1. The molecule has 0 spiro atoms. The molecular weight excluding hydrogens is 313 g/mol. The number of pyridine rings is 1. The van der Waals surface area contributed by atoms with Crippen LogP contribution in [0.4, 0.5) is 0 Å². The van der Waals surface area contributed by atoms with Gasteiger partial charge in [0, 0.05) is 18.1 Å². The fourth-order valence-electron chi connectivity index (χ4n) is 2.52. The van der Waals surface area contributed by atoms with Gasteiger partial charge in [0.1, 0.15) is 7.85 Å². The van der Waals surface area contributed by atoms with E-state index >= 15 is 0 Å². The summed E-state index contributed by atoms with van der Waals surface area (Å²) in [7, 11) is 5.92. The maximum Gasteiger partial charge on any atom is 0.356 e. The Bertz CT molecular complexity index is 933. The molecule has 3 rings (SSSR count). The Hall–Kier alpha value is -3.15. The van der Waals surface area contributed by atoms with Gasteiger partial charge in [-0.2, -0.15) is 5.10 Å². The molecule has 5 nitrogen and oxygen atoms in total. The van der Waals surface area contributed by atoms with E-state index < -0.39 is 5.97 Å². The summed E-state index contributed by atoms with van der Waals surface area (Å²) in [5, 5.41) is 13.2. The summed E-state index contributed by atoms with van der Waals surface area (Å²) in [6, 6.07) is 11.1. The molecule has 25 heavy (non-hydrogen) atoms. The molecular formula is C19H16BN3O2. The Morgan fingerprint density at radius 3 is 2.64 bits per heavy atom. The van der Waals surface area contributed by atoms with Crippen LogP contribution in [0.2, 0.25) is 0 Å². The SMILES string of the molecule is [B]c1ccc(/C=C\c2ccncc2)c(Cn2nc(C(=O)O)cc2C)c1. The molecule has 0 aliphatic rings. The minimum atomic E-state index is -1.03. The monoisotopic (exact) mass is 329 g/mol. The van der Waals surface area contributed by atoms with Crippen LogP contribution in [0.3, 0.4) is 0 Å². The van der Waals surface area contributed by atoms with Gasteiger partial charge in [0.15, 0.2) is 5.69 Å². The Morgan fingerprint density at radius 2 is 1.96 bits per heavy atom. The van der Waals surface area contributed by atoms with Crippen molar-refractivity contribution in [2.24, 2.45) is 0 Å². The second-order valence-corrected chi connectivity index (χ2v) is 5.71. The normalized spacial score (nSPS) is 11.1. The lowest BCUT2D eigenvalue weighted by Crippen LogP contribution is -2.10. The van der Waals surface area contributed by atoms with Gasteiger partial charge in [-0.25, -0.2) is 4.79 Å². The summed E-state index contributed by atoms with van der Waals surface area (Å²) >= 11 is 0. The van der Waals surface area contributed by atoms with Gasteiger partial charge in [-0.3, -0.25) is 9.67 Å². The summed E-state index contributed by atoms with van der Waals surface area (Å²) in [6.45, 7) is 2.28. The molecule has 0 amide bonds. The van der Waals surface area contributed by atoms with Gasteiger partial charge < -0.3 is 5.11 Å². The number of aromatic nitrogens is 3. The van der Waals surface area contributed by atoms with E-state index in [0.29, 0.717) is 12.0 Å². The van der Waals surface area contributed by atoms with E-state index in [4.69, 9.17) is 13.0 Å². The number of aromatic carboxylic acids is 1. The average molecular weight is 329 g/mol. The van der Waals surface area contributed by atoms with Crippen molar-refractivity contribution in [3.05, 3.63) is 76.9 Å². The lowest BCUT2D eigenvalue weighted by Gasteiger charge is -2.10. The Balaban J connectivity index is 1.92. The first-order valence-electron chi connectivity index (χ1n) is 7.77. The molecule has 0 bridgehead atoms. The molecule has 0 aliphatic carbocycles. The van der Waals surface area contributed by atoms with Crippen LogP contribution in [0.1, 0.15) is 32.9 Å². The maximum atomic E-state index is 11.1. The first-order chi connectivity index (χ1) is 12.0. The van der Waals surface area contributed by atoms with Crippen LogP contribution in [0.15, 0.2) is 48.8 Å². The molecule has 0 saturated heterocycles. The Morgan fingerprint density at radius 1 is 1.20 bits per heavy atom. The van der Waals surface area contributed by atoms with E-state index in [0.717, 1.165) is 22.4 Å². The van der Waals surface area contributed by atoms with Crippen molar-refractivity contribution in [3.63, 3.8) is 0 Å². The van der Waals surface area contributed by atoms with Crippen molar-refractivity contribution in [1.29, 1.82) is 0 Å². The van der Waals surface area contributed by atoms with Crippen LogP contribution in [-0.2, 0) is 6.54 Å². The van der Waals surface area contributed by atoms with Crippen molar-refractivity contribution < 1.29 is 9.90 Å². The third kappa shape index (κ3) is 4.04. The number of benzene rings is 1. The molecule has 1 aromatic carbocycles. The van der Waals surface area contributed by atoms with E-state index in [1.54, 1.807) is 23.1 Å². The predicted octanol–water partition coefficient (Wildman–Crippen LogP) is 2.30. The Kier molecular flexibility index (Phi) is 4.79. The highest BCUT2D eigenvalue weighted by atomic mass is 16.4. The zero-order valence-electron chi connectivity index (χ0n) is 13.8. The van der Waals surface area contributed by atoms with Crippen molar-refractivity contribution in [3.8, 4) is 0 Å². The average Bonchev–Trinajstić information content (AvgIpc) is 2.96. The standard InChI is InChI=1S/C19H16BN3O2/c1-13-10-18(19(24)25)22-23(13)12-16-11-17(20)5-4-15(16)3-2-14-6-8-21-9-7-14/h2-11H,12H2,1H3,(H,24,25)/b3-2-. The highest BCUT2D eigenvalue weighted by Gasteiger charge is 2.11. The van der Waals surface area contributed by atoms with E-state index in [-0.39, 0.29) is 5.69 Å². The lowest BCUT2D eigenvalue weighted by molar-refractivity contribution is 0.0689. The van der Waals surface area contributed by atoms with Gasteiger partial charge in [-0.05, 0) is 41.8 Å².